The van der Waals surface area contributed by atoms with E-state index in [1.807, 2.05) is 7.05 Å². The highest BCUT2D eigenvalue weighted by atomic mass is 16.5. The molecule has 2 fully saturated rings. The molecule has 0 radical (unpaired) electrons. The summed E-state index contributed by atoms with van der Waals surface area (Å²) in [5.41, 5.74) is 6.53. The third-order valence-electron chi connectivity index (χ3n) is 3.80. The Hall–Kier alpha value is -0.120. The lowest BCUT2D eigenvalue weighted by Crippen LogP contribution is -2.49. The Morgan fingerprint density at radius 3 is 3.23 bits per heavy atom. The molecule has 13 heavy (non-hydrogen) atoms. The molecule has 1 heterocycles. The number of hydrogen-bond donors (Lipinski definition) is 2. The first-order valence-electron chi connectivity index (χ1n) is 5.31. The molecular formula is C10H20N2O. The van der Waals surface area contributed by atoms with Crippen molar-refractivity contribution < 1.29 is 4.74 Å². The Balaban J connectivity index is 2.08. The van der Waals surface area contributed by atoms with E-state index in [-0.39, 0.29) is 6.04 Å². The molecule has 2 rings (SSSR count). The van der Waals surface area contributed by atoms with E-state index in [9.17, 15) is 0 Å². The van der Waals surface area contributed by atoms with Gasteiger partial charge in [0.25, 0.3) is 0 Å². The zero-order valence-corrected chi connectivity index (χ0v) is 8.38. The maximum atomic E-state index is 6.22. The van der Waals surface area contributed by atoms with Crippen molar-refractivity contribution in [3.8, 4) is 0 Å². The van der Waals surface area contributed by atoms with Crippen LogP contribution in [0.15, 0.2) is 0 Å². The Kier molecular flexibility index (Phi) is 2.58. The van der Waals surface area contributed by atoms with Crippen LogP contribution in [0.3, 0.4) is 0 Å². The fraction of sp³-hybridized carbons (Fsp3) is 1.00. The minimum atomic E-state index is 0.271. The summed E-state index contributed by atoms with van der Waals surface area (Å²) in [4.78, 5) is 0. The number of nitrogens with two attached hydrogens (primary N) is 1. The Morgan fingerprint density at radius 2 is 2.46 bits per heavy atom. The second kappa shape index (κ2) is 3.56. The zero-order valence-electron chi connectivity index (χ0n) is 8.38. The van der Waals surface area contributed by atoms with Crippen molar-refractivity contribution in [1.29, 1.82) is 0 Å². The fourth-order valence-corrected chi connectivity index (χ4v) is 3.02. The zero-order chi connectivity index (χ0) is 9.31. The second-order valence-electron chi connectivity index (χ2n) is 4.40. The van der Waals surface area contributed by atoms with E-state index in [1.54, 1.807) is 0 Å². The van der Waals surface area contributed by atoms with Crippen molar-refractivity contribution in [2.75, 3.05) is 20.2 Å². The van der Waals surface area contributed by atoms with Gasteiger partial charge in [0.2, 0.25) is 0 Å². The Labute approximate surface area is 80.0 Å². The van der Waals surface area contributed by atoms with E-state index in [4.69, 9.17) is 10.5 Å². The van der Waals surface area contributed by atoms with Crippen LogP contribution in [0.25, 0.3) is 0 Å². The first kappa shape index (κ1) is 9.44. The smallest absolute Gasteiger partial charge is 0.0647 e. The van der Waals surface area contributed by atoms with Gasteiger partial charge >= 0.3 is 0 Å². The van der Waals surface area contributed by atoms with E-state index in [1.165, 1.54) is 25.7 Å². The first-order chi connectivity index (χ1) is 6.29. The normalized spacial score (nSPS) is 40.6. The number of ether oxygens (including phenoxy) is 1. The molecule has 0 amide bonds. The van der Waals surface area contributed by atoms with Gasteiger partial charge in [-0.05, 0) is 26.3 Å². The molecule has 1 aliphatic carbocycles. The fourth-order valence-electron chi connectivity index (χ4n) is 3.02. The molecule has 3 N–H and O–H groups in total. The molecule has 2 unspecified atom stereocenters. The lowest BCUT2D eigenvalue weighted by molar-refractivity contribution is 0.0585. The Morgan fingerprint density at radius 1 is 1.62 bits per heavy atom. The number of hydrogen-bond acceptors (Lipinski definition) is 3. The van der Waals surface area contributed by atoms with Crippen LogP contribution in [0.4, 0.5) is 0 Å². The van der Waals surface area contributed by atoms with Crippen molar-refractivity contribution in [3.63, 3.8) is 0 Å². The second-order valence-corrected chi connectivity index (χ2v) is 4.40. The van der Waals surface area contributed by atoms with Crippen molar-refractivity contribution in [2.45, 2.75) is 37.8 Å². The molecule has 0 aromatic rings. The highest BCUT2D eigenvalue weighted by Gasteiger charge is 2.50. The van der Waals surface area contributed by atoms with Gasteiger partial charge in [-0.1, -0.05) is 6.42 Å². The van der Waals surface area contributed by atoms with Gasteiger partial charge in [-0.15, -0.1) is 0 Å². The molecule has 3 heteroatoms. The molecule has 0 bridgehead atoms. The molecule has 0 aromatic carbocycles. The van der Waals surface area contributed by atoms with Gasteiger partial charge in [-0.2, -0.15) is 0 Å². The third-order valence-corrected chi connectivity index (χ3v) is 3.80. The van der Waals surface area contributed by atoms with Crippen molar-refractivity contribution >= 4 is 0 Å². The van der Waals surface area contributed by atoms with Crippen LogP contribution in [0.5, 0.6) is 0 Å². The summed E-state index contributed by atoms with van der Waals surface area (Å²) in [6, 6.07) is 0.271. The van der Waals surface area contributed by atoms with Gasteiger partial charge < -0.3 is 15.8 Å². The topological polar surface area (TPSA) is 47.3 Å². The summed E-state index contributed by atoms with van der Waals surface area (Å²) in [7, 11) is 1.97. The summed E-state index contributed by atoms with van der Waals surface area (Å²) in [5, 5.41) is 3.17. The molecule has 3 nitrogen and oxygen atoms in total. The van der Waals surface area contributed by atoms with Crippen LogP contribution < -0.4 is 11.1 Å². The predicted octanol–water partition coefficient (Wildman–Crippen LogP) is 0.492. The van der Waals surface area contributed by atoms with E-state index in [0.717, 1.165) is 13.2 Å². The minimum absolute atomic E-state index is 0.271. The monoisotopic (exact) mass is 184 g/mol. The van der Waals surface area contributed by atoms with Crippen LogP contribution in [-0.4, -0.2) is 32.3 Å². The van der Waals surface area contributed by atoms with Crippen LogP contribution in [0.1, 0.15) is 25.7 Å². The maximum absolute atomic E-state index is 6.22. The molecular weight excluding hydrogens is 164 g/mol. The highest BCUT2D eigenvalue weighted by molar-refractivity contribution is 5.03. The molecule has 0 spiro atoms. The lowest BCUT2D eigenvalue weighted by atomic mass is 9.76. The molecule has 1 aliphatic heterocycles. The van der Waals surface area contributed by atoms with E-state index >= 15 is 0 Å². The maximum Gasteiger partial charge on any atom is 0.0647 e. The molecule has 0 aromatic heterocycles. The minimum Gasteiger partial charge on any atom is -0.378 e. The summed E-state index contributed by atoms with van der Waals surface area (Å²) in [5.74, 6) is 0. The Bertz CT molecular complexity index is 174. The average Bonchev–Trinajstić information content (AvgIpc) is 2.61. The van der Waals surface area contributed by atoms with Gasteiger partial charge in [0, 0.05) is 24.6 Å². The van der Waals surface area contributed by atoms with E-state index < -0.39 is 0 Å². The van der Waals surface area contributed by atoms with E-state index in [0.29, 0.717) is 11.5 Å². The lowest BCUT2D eigenvalue weighted by Gasteiger charge is -2.34. The molecule has 3 atom stereocenters. The number of rotatable bonds is 3. The summed E-state index contributed by atoms with van der Waals surface area (Å²) < 4.78 is 5.74. The SMILES string of the molecule is CNCC(N)[C@]12CCCC1OCC2. The van der Waals surface area contributed by atoms with Crippen molar-refractivity contribution in [1.82, 2.24) is 5.32 Å². The predicted molar refractivity (Wildman–Crippen MR) is 52.5 cm³/mol. The standard InChI is InChI=1S/C10H20N2O/c1-12-7-8(11)10-4-2-3-9(10)13-6-5-10/h8-9,12H,2-7,11H2,1H3/t8?,9?,10-/m1/s1. The van der Waals surface area contributed by atoms with Gasteiger partial charge in [-0.3, -0.25) is 0 Å². The van der Waals surface area contributed by atoms with Gasteiger partial charge in [0.15, 0.2) is 0 Å². The van der Waals surface area contributed by atoms with Gasteiger partial charge in [-0.25, -0.2) is 0 Å². The van der Waals surface area contributed by atoms with Crippen molar-refractivity contribution in [2.24, 2.45) is 11.1 Å². The molecule has 2 aliphatic rings. The molecule has 1 saturated heterocycles. The third kappa shape index (κ3) is 1.39. The van der Waals surface area contributed by atoms with Crippen LogP contribution in [0.2, 0.25) is 0 Å². The van der Waals surface area contributed by atoms with Crippen molar-refractivity contribution in [3.05, 3.63) is 0 Å². The van der Waals surface area contributed by atoms with Gasteiger partial charge in [0.1, 0.15) is 0 Å². The van der Waals surface area contributed by atoms with E-state index in [2.05, 4.69) is 5.32 Å². The number of likely N-dealkylation sites (N-methyl/N-ethyl adjacent to an activating group) is 1. The number of fused-ring (bicyclic) bond motifs is 1. The van der Waals surface area contributed by atoms with Crippen LogP contribution in [0, 0.1) is 5.41 Å². The molecule has 1 saturated carbocycles. The summed E-state index contributed by atoms with van der Waals surface area (Å²) in [6.07, 6.45) is 5.40. The highest BCUT2D eigenvalue weighted by Crippen LogP contribution is 2.48. The van der Waals surface area contributed by atoms with Crippen LogP contribution in [-0.2, 0) is 4.74 Å². The largest absolute Gasteiger partial charge is 0.378 e. The average molecular weight is 184 g/mol. The summed E-state index contributed by atoms with van der Waals surface area (Å²) >= 11 is 0. The quantitative estimate of drug-likeness (QED) is 0.671. The van der Waals surface area contributed by atoms with Crippen LogP contribution >= 0.6 is 0 Å². The first-order valence-corrected chi connectivity index (χ1v) is 5.31. The molecule has 76 valence electrons. The summed E-state index contributed by atoms with van der Waals surface area (Å²) in [6.45, 7) is 1.84. The number of nitrogens with one attached hydrogen (secondary N) is 1. The van der Waals surface area contributed by atoms with Gasteiger partial charge in [0.05, 0.1) is 6.10 Å².